The molecule has 2 heterocycles. The van der Waals surface area contributed by atoms with Crippen LogP contribution < -0.4 is 11.0 Å². The van der Waals surface area contributed by atoms with Gasteiger partial charge in [-0.05, 0) is 24.5 Å². The first-order chi connectivity index (χ1) is 8.11. The number of aromatic nitrogens is 2. The molecule has 0 unspecified atom stereocenters. The fourth-order valence-electron chi connectivity index (χ4n) is 1.42. The molecule has 5 nitrogen and oxygen atoms in total. The van der Waals surface area contributed by atoms with E-state index in [2.05, 4.69) is 9.97 Å². The van der Waals surface area contributed by atoms with Gasteiger partial charge < -0.3 is 9.72 Å². The molecule has 6 heteroatoms. The number of hydrogen-bond donors (Lipinski definition) is 1. The summed E-state index contributed by atoms with van der Waals surface area (Å²) in [5.74, 6) is -0.473. The van der Waals surface area contributed by atoms with E-state index < -0.39 is 11.5 Å². The van der Waals surface area contributed by atoms with Crippen molar-refractivity contribution in [3.05, 3.63) is 34.2 Å². The molecule has 2 aromatic rings. The first kappa shape index (κ1) is 11.4. The maximum Gasteiger partial charge on any atom is 0.339 e. The summed E-state index contributed by atoms with van der Waals surface area (Å²) in [5.41, 5.74) is 0.957. The summed E-state index contributed by atoms with van der Waals surface area (Å²) in [7, 11) is 5.46. The van der Waals surface area contributed by atoms with Gasteiger partial charge in [-0.2, -0.15) is 0 Å². The third-order valence-electron chi connectivity index (χ3n) is 2.23. The fourth-order valence-corrected chi connectivity index (χ4v) is 1.42. The van der Waals surface area contributed by atoms with E-state index in [-0.39, 0.29) is 12.1 Å². The second-order valence-corrected chi connectivity index (χ2v) is 3.43. The minimum Gasteiger partial charge on any atom is -0.462 e. The zero-order valence-electron chi connectivity index (χ0n) is 9.19. The summed E-state index contributed by atoms with van der Waals surface area (Å²) in [6.45, 7) is 2.00. The smallest absolute Gasteiger partial charge is 0.339 e. The molecule has 1 N–H and O–H groups in total. The van der Waals surface area contributed by atoms with Gasteiger partial charge in [-0.15, -0.1) is 0 Å². The predicted octanol–water partition coefficient (Wildman–Crippen LogP) is -0.106. The molecule has 2 aromatic heterocycles. The molecule has 0 bridgehead atoms. The normalized spacial score (nSPS) is 10.4. The lowest BCUT2D eigenvalue weighted by Gasteiger charge is -2.03. The Balaban J connectivity index is 2.54. The third-order valence-corrected chi connectivity index (χ3v) is 2.23. The highest BCUT2D eigenvalue weighted by Crippen LogP contribution is 2.08. The molecule has 0 saturated carbocycles. The quantitative estimate of drug-likeness (QED) is 0.575. The van der Waals surface area contributed by atoms with E-state index in [1.54, 1.807) is 6.92 Å². The van der Waals surface area contributed by atoms with Crippen molar-refractivity contribution in [3.63, 3.8) is 0 Å². The van der Waals surface area contributed by atoms with Gasteiger partial charge in [0.1, 0.15) is 7.85 Å². The van der Waals surface area contributed by atoms with Gasteiger partial charge in [-0.3, -0.25) is 9.78 Å². The molecule has 0 spiro atoms. The van der Waals surface area contributed by atoms with Crippen LogP contribution in [0.5, 0.6) is 0 Å². The molecule has 0 saturated heterocycles. The maximum atomic E-state index is 11.5. The standard InChI is InChI=1S/C11H9BN2O3/c1-2-17-11(16)6-3-9-8(13-5-6)4-7(12)10(15)14-9/h3-5H,2H2,1H3,(H,14,15). The first-order valence-corrected chi connectivity index (χ1v) is 5.07. The van der Waals surface area contributed by atoms with Crippen LogP contribution in [0.25, 0.3) is 11.0 Å². The number of hydrogen-bond acceptors (Lipinski definition) is 4. The van der Waals surface area contributed by atoms with Crippen LogP contribution in [-0.2, 0) is 4.74 Å². The van der Waals surface area contributed by atoms with Gasteiger partial charge >= 0.3 is 5.97 Å². The van der Waals surface area contributed by atoms with Crippen LogP contribution in [0.4, 0.5) is 0 Å². The number of nitrogens with one attached hydrogen (secondary N) is 1. The van der Waals surface area contributed by atoms with Gasteiger partial charge in [0, 0.05) is 6.20 Å². The Kier molecular flexibility index (Phi) is 2.95. The van der Waals surface area contributed by atoms with Crippen molar-refractivity contribution in [2.75, 3.05) is 6.61 Å². The summed E-state index contributed by atoms with van der Waals surface area (Å²) in [6.07, 6.45) is 1.39. The Morgan fingerprint density at radius 2 is 2.29 bits per heavy atom. The van der Waals surface area contributed by atoms with Crippen molar-refractivity contribution in [1.29, 1.82) is 0 Å². The van der Waals surface area contributed by atoms with Gasteiger partial charge in [-0.25, -0.2) is 4.79 Å². The maximum absolute atomic E-state index is 11.5. The largest absolute Gasteiger partial charge is 0.462 e. The van der Waals surface area contributed by atoms with Crippen LogP contribution in [-0.4, -0.2) is 30.4 Å². The second kappa shape index (κ2) is 4.41. The van der Waals surface area contributed by atoms with Gasteiger partial charge in [0.15, 0.2) is 0 Å². The lowest BCUT2D eigenvalue weighted by molar-refractivity contribution is 0.0526. The zero-order valence-corrected chi connectivity index (χ0v) is 9.19. The summed E-state index contributed by atoms with van der Waals surface area (Å²) >= 11 is 0. The lowest BCUT2D eigenvalue weighted by atomic mass is 9.98. The molecule has 0 aliphatic rings. The number of ether oxygens (including phenoxy) is 1. The van der Waals surface area contributed by atoms with E-state index in [0.29, 0.717) is 16.6 Å². The highest BCUT2D eigenvalue weighted by atomic mass is 16.5. The molecule has 0 aliphatic carbocycles. The number of esters is 1. The van der Waals surface area contributed by atoms with Crippen LogP contribution in [0.3, 0.4) is 0 Å². The molecule has 0 aliphatic heterocycles. The van der Waals surface area contributed by atoms with Crippen molar-refractivity contribution in [1.82, 2.24) is 9.97 Å². The topological polar surface area (TPSA) is 72.0 Å². The molecule has 2 radical (unpaired) electrons. The summed E-state index contributed by atoms with van der Waals surface area (Å²) in [4.78, 5) is 29.4. The van der Waals surface area contributed by atoms with Crippen LogP contribution >= 0.6 is 0 Å². The third kappa shape index (κ3) is 2.20. The highest BCUT2D eigenvalue weighted by molar-refractivity contribution is 6.32. The van der Waals surface area contributed by atoms with Crippen molar-refractivity contribution in [2.24, 2.45) is 0 Å². The van der Waals surface area contributed by atoms with Crippen molar-refractivity contribution < 1.29 is 9.53 Å². The number of nitrogens with zero attached hydrogens (tertiary/aromatic N) is 1. The van der Waals surface area contributed by atoms with E-state index in [1.807, 2.05) is 0 Å². The minimum absolute atomic E-state index is 0.0916. The molecular formula is C11H9BN2O3. The fraction of sp³-hybridized carbons (Fsp3) is 0.182. The van der Waals surface area contributed by atoms with E-state index in [9.17, 15) is 9.59 Å². The Labute approximate surface area is 98.2 Å². The average molecular weight is 228 g/mol. The Bertz CT molecular complexity index is 636. The van der Waals surface area contributed by atoms with E-state index in [4.69, 9.17) is 12.6 Å². The van der Waals surface area contributed by atoms with E-state index in [0.717, 1.165) is 0 Å². The van der Waals surface area contributed by atoms with Gasteiger partial charge in [0.05, 0.1) is 23.2 Å². The Hall–Kier alpha value is -2.11. The second-order valence-electron chi connectivity index (χ2n) is 3.43. The number of carbonyl (C=O) groups excluding carboxylic acids is 1. The van der Waals surface area contributed by atoms with Gasteiger partial charge in [-0.1, -0.05) is 0 Å². The number of fused-ring (bicyclic) bond motifs is 1. The molecule has 17 heavy (non-hydrogen) atoms. The first-order valence-electron chi connectivity index (χ1n) is 5.07. The number of carbonyl (C=O) groups is 1. The number of rotatable bonds is 2. The zero-order chi connectivity index (χ0) is 12.4. The van der Waals surface area contributed by atoms with Gasteiger partial charge in [0.2, 0.25) is 5.56 Å². The molecule has 84 valence electrons. The molecule has 0 aromatic carbocycles. The molecule has 0 atom stereocenters. The Morgan fingerprint density at radius 3 is 3.00 bits per heavy atom. The summed E-state index contributed by atoms with van der Waals surface area (Å²) < 4.78 is 4.84. The number of H-pyrrole nitrogens is 1. The molecule has 0 fully saturated rings. The van der Waals surface area contributed by atoms with Crippen LogP contribution in [0.1, 0.15) is 17.3 Å². The highest BCUT2D eigenvalue weighted by Gasteiger charge is 2.08. The van der Waals surface area contributed by atoms with E-state index in [1.165, 1.54) is 18.3 Å². The summed E-state index contributed by atoms with van der Waals surface area (Å²) in [6, 6.07) is 2.98. The van der Waals surface area contributed by atoms with Crippen LogP contribution in [0.2, 0.25) is 0 Å². The summed E-state index contributed by atoms with van der Waals surface area (Å²) in [5, 5.41) is 0. The minimum atomic E-state index is -0.473. The van der Waals surface area contributed by atoms with Gasteiger partial charge in [0.25, 0.3) is 0 Å². The number of pyridine rings is 2. The van der Waals surface area contributed by atoms with E-state index >= 15 is 0 Å². The van der Waals surface area contributed by atoms with Crippen molar-refractivity contribution in [2.45, 2.75) is 6.92 Å². The predicted molar refractivity (Wildman–Crippen MR) is 63.7 cm³/mol. The molecule has 2 rings (SSSR count). The van der Waals surface area contributed by atoms with Crippen LogP contribution in [0, 0.1) is 0 Å². The van der Waals surface area contributed by atoms with Crippen molar-refractivity contribution >= 4 is 30.3 Å². The SMILES string of the molecule is [B]c1cc2ncc(C(=O)OCC)cc2[nH]c1=O. The van der Waals surface area contributed by atoms with Crippen molar-refractivity contribution in [3.8, 4) is 0 Å². The monoisotopic (exact) mass is 228 g/mol. The number of aromatic amines is 1. The average Bonchev–Trinajstić information content (AvgIpc) is 2.30. The molecule has 0 amide bonds. The van der Waals surface area contributed by atoms with Crippen LogP contribution in [0.15, 0.2) is 23.1 Å². The molecular weight excluding hydrogens is 219 g/mol. The lowest BCUT2D eigenvalue weighted by Crippen LogP contribution is -2.27. The Morgan fingerprint density at radius 1 is 1.53 bits per heavy atom.